The number of rotatable bonds is 7. The van der Waals surface area contributed by atoms with Crippen LogP contribution in [0.2, 0.25) is 0 Å². The lowest BCUT2D eigenvalue weighted by Gasteiger charge is -2.14. The molecule has 0 aliphatic rings. The smallest absolute Gasteiger partial charge is 0.265 e. The van der Waals surface area contributed by atoms with Gasteiger partial charge in [0.1, 0.15) is 15.9 Å². The molecule has 0 aliphatic heterocycles. The number of nitrogens with one attached hydrogen (secondary N) is 2. The van der Waals surface area contributed by atoms with Crippen molar-refractivity contribution in [2.45, 2.75) is 11.3 Å². The molecule has 0 amide bonds. The van der Waals surface area contributed by atoms with Gasteiger partial charge in [-0.15, -0.1) is 0 Å². The van der Waals surface area contributed by atoms with Gasteiger partial charge in [-0.25, -0.2) is 18.4 Å². The van der Waals surface area contributed by atoms with Crippen LogP contribution in [0.3, 0.4) is 0 Å². The van der Waals surface area contributed by atoms with E-state index in [1.807, 2.05) is 48.5 Å². The van der Waals surface area contributed by atoms with Gasteiger partial charge in [0.15, 0.2) is 11.6 Å². The van der Waals surface area contributed by atoms with Gasteiger partial charge in [-0.1, -0.05) is 48.5 Å². The van der Waals surface area contributed by atoms with Crippen molar-refractivity contribution < 1.29 is 8.42 Å². The van der Waals surface area contributed by atoms with Gasteiger partial charge in [0.25, 0.3) is 10.0 Å². The molecule has 0 spiro atoms. The SMILES string of the molecule is O=S(=O)(Nc1nc2ccccc2nc1NCCc1ccccc1)c1cccc2nsnc12. The summed E-state index contributed by atoms with van der Waals surface area (Å²) in [6.45, 7) is 0.567. The highest BCUT2D eigenvalue weighted by molar-refractivity contribution is 7.93. The van der Waals surface area contributed by atoms with Crippen molar-refractivity contribution in [3.8, 4) is 0 Å². The van der Waals surface area contributed by atoms with Gasteiger partial charge in [0.05, 0.1) is 22.8 Å². The zero-order chi connectivity index (χ0) is 22.0. The van der Waals surface area contributed by atoms with E-state index >= 15 is 0 Å². The van der Waals surface area contributed by atoms with E-state index in [0.29, 0.717) is 34.4 Å². The Bertz CT molecular complexity index is 1500. The summed E-state index contributed by atoms with van der Waals surface area (Å²) >= 11 is 0.971. The molecule has 0 saturated heterocycles. The van der Waals surface area contributed by atoms with E-state index in [1.54, 1.807) is 18.2 Å². The molecule has 0 atom stereocenters. The Morgan fingerprint density at radius 1 is 0.750 bits per heavy atom. The van der Waals surface area contributed by atoms with Crippen molar-refractivity contribution in [1.29, 1.82) is 0 Å². The van der Waals surface area contributed by atoms with E-state index in [9.17, 15) is 8.42 Å². The van der Waals surface area contributed by atoms with Crippen LogP contribution in [0.1, 0.15) is 5.56 Å². The molecule has 8 nitrogen and oxygen atoms in total. The van der Waals surface area contributed by atoms with Crippen molar-refractivity contribution in [3.63, 3.8) is 0 Å². The minimum Gasteiger partial charge on any atom is -0.367 e. The molecule has 2 N–H and O–H groups in total. The lowest BCUT2D eigenvalue weighted by molar-refractivity contribution is 0.601. The molecule has 0 radical (unpaired) electrons. The Balaban J connectivity index is 1.49. The maximum absolute atomic E-state index is 13.2. The second-order valence-corrected chi connectivity index (χ2v) is 9.24. The molecule has 5 aromatic rings. The molecule has 0 unspecified atom stereocenters. The fraction of sp³-hybridized carbons (Fsp3) is 0.0909. The Hall–Kier alpha value is -3.63. The number of fused-ring (bicyclic) bond motifs is 2. The Morgan fingerprint density at radius 3 is 2.22 bits per heavy atom. The summed E-state index contributed by atoms with van der Waals surface area (Å²) < 4.78 is 37.3. The van der Waals surface area contributed by atoms with Crippen LogP contribution in [-0.4, -0.2) is 33.7 Å². The third kappa shape index (κ3) is 4.10. The van der Waals surface area contributed by atoms with E-state index in [0.717, 1.165) is 18.1 Å². The summed E-state index contributed by atoms with van der Waals surface area (Å²) in [4.78, 5) is 9.19. The van der Waals surface area contributed by atoms with Crippen LogP contribution in [0, 0.1) is 0 Å². The largest absolute Gasteiger partial charge is 0.367 e. The first-order valence-electron chi connectivity index (χ1n) is 9.89. The Kier molecular flexibility index (Phi) is 5.38. The number of benzene rings is 3. The molecule has 0 aliphatic carbocycles. The quantitative estimate of drug-likeness (QED) is 0.375. The molecule has 0 fully saturated rings. The Morgan fingerprint density at radius 2 is 1.44 bits per heavy atom. The standard InChI is InChI=1S/C22H18N6O2S2/c29-32(30,19-12-6-11-18-20(19)27-31-26-18)28-22-21(23-14-13-15-7-2-1-3-8-15)24-16-9-4-5-10-17(16)25-22/h1-12H,13-14H2,(H,23,24)(H,25,28). The van der Waals surface area contributed by atoms with E-state index < -0.39 is 10.0 Å². The summed E-state index contributed by atoms with van der Waals surface area (Å²) in [5, 5.41) is 3.23. The van der Waals surface area contributed by atoms with E-state index in [2.05, 4.69) is 28.8 Å². The zero-order valence-electron chi connectivity index (χ0n) is 16.8. The van der Waals surface area contributed by atoms with E-state index in [-0.39, 0.29) is 10.7 Å². The van der Waals surface area contributed by atoms with Gasteiger partial charge in [0, 0.05) is 6.54 Å². The first-order chi connectivity index (χ1) is 15.6. The number of hydrogen-bond acceptors (Lipinski definition) is 8. The maximum atomic E-state index is 13.2. The maximum Gasteiger partial charge on any atom is 0.265 e. The average molecular weight is 463 g/mol. The van der Waals surface area contributed by atoms with E-state index in [4.69, 9.17) is 0 Å². The minimum atomic E-state index is -3.97. The molecular formula is C22H18N6O2S2. The summed E-state index contributed by atoms with van der Waals surface area (Å²) in [6.07, 6.45) is 0.755. The zero-order valence-corrected chi connectivity index (χ0v) is 18.4. The molecule has 3 aromatic carbocycles. The predicted molar refractivity (Wildman–Crippen MR) is 126 cm³/mol. The van der Waals surface area contributed by atoms with Crippen LogP contribution in [0.25, 0.3) is 22.1 Å². The summed E-state index contributed by atoms with van der Waals surface area (Å²) in [5.74, 6) is 0.503. The number of anilines is 2. The topological polar surface area (TPSA) is 110 Å². The minimum absolute atomic E-state index is 0.0499. The third-order valence-corrected chi connectivity index (χ3v) is 6.80. The van der Waals surface area contributed by atoms with Crippen LogP contribution in [-0.2, 0) is 16.4 Å². The molecule has 160 valence electrons. The van der Waals surface area contributed by atoms with E-state index in [1.165, 1.54) is 11.6 Å². The van der Waals surface area contributed by atoms with Crippen molar-refractivity contribution in [2.75, 3.05) is 16.6 Å². The average Bonchev–Trinajstić information content (AvgIpc) is 3.29. The van der Waals surface area contributed by atoms with Crippen LogP contribution < -0.4 is 10.0 Å². The first-order valence-corrected chi connectivity index (χ1v) is 12.1. The van der Waals surface area contributed by atoms with Crippen molar-refractivity contribution in [1.82, 2.24) is 18.7 Å². The van der Waals surface area contributed by atoms with Gasteiger partial charge >= 0.3 is 0 Å². The van der Waals surface area contributed by atoms with Crippen molar-refractivity contribution in [2.24, 2.45) is 0 Å². The van der Waals surface area contributed by atoms with Crippen LogP contribution in [0.4, 0.5) is 11.6 Å². The molecule has 10 heteroatoms. The normalized spacial score (nSPS) is 11.6. The lowest BCUT2D eigenvalue weighted by atomic mass is 10.1. The monoisotopic (exact) mass is 462 g/mol. The third-order valence-electron chi connectivity index (χ3n) is 4.89. The van der Waals surface area contributed by atoms with Crippen molar-refractivity contribution in [3.05, 3.63) is 78.4 Å². The van der Waals surface area contributed by atoms with Gasteiger partial charge in [-0.05, 0) is 36.2 Å². The van der Waals surface area contributed by atoms with Gasteiger partial charge in [-0.3, -0.25) is 4.72 Å². The molecule has 2 aromatic heterocycles. The van der Waals surface area contributed by atoms with Crippen LogP contribution >= 0.6 is 11.7 Å². The van der Waals surface area contributed by atoms with Crippen molar-refractivity contribution >= 4 is 55.5 Å². The van der Waals surface area contributed by atoms with Crippen LogP contribution in [0.15, 0.2) is 77.7 Å². The molecule has 32 heavy (non-hydrogen) atoms. The summed E-state index contributed by atoms with van der Waals surface area (Å²) in [6, 6.07) is 22.2. The van der Waals surface area contributed by atoms with Gasteiger partial charge in [-0.2, -0.15) is 8.75 Å². The lowest BCUT2D eigenvalue weighted by Crippen LogP contribution is -2.17. The predicted octanol–water partition coefficient (Wildman–Crippen LogP) is 4.09. The molecule has 5 rings (SSSR count). The molecular weight excluding hydrogens is 444 g/mol. The number of aromatic nitrogens is 4. The fourth-order valence-corrected chi connectivity index (χ4v) is 5.12. The second-order valence-electron chi connectivity index (χ2n) is 7.07. The summed E-state index contributed by atoms with van der Waals surface area (Å²) in [7, 11) is -3.97. The highest BCUT2D eigenvalue weighted by Crippen LogP contribution is 2.27. The number of hydrogen-bond donors (Lipinski definition) is 2. The number of para-hydroxylation sites is 2. The molecule has 0 saturated carbocycles. The van der Waals surface area contributed by atoms with Gasteiger partial charge < -0.3 is 5.32 Å². The number of sulfonamides is 1. The highest BCUT2D eigenvalue weighted by atomic mass is 32.2. The van der Waals surface area contributed by atoms with Gasteiger partial charge in [0.2, 0.25) is 0 Å². The highest BCUT2D eigenvalue weighted by Gasteiger charge is 2.22. The molecule has 0 bridgehead atoms. The fourth-order valence-electron chi connectivity index (χ4n) is 3.34. The second kappa shape index (κ2) is 8.48. The van der Waals surface area contributed by atoms with Crippen LogP contribution in [0.5, 0.6) is 0 Å². The first kappa shape index (κ1) is 20.3. The molecule has 2 heterocycles. The Labute approximate surface area is 188 Å². The summed E-state index contributed by atoms with van der Waals surface area (Å²) in [5.41, 5.74) is 3.29. The number of nitrogens with zero attached hydrogens (tertiary/aromatic N) is 4.